The van der Waals surface area contributed by atoms with Gasteiger partial charge in [-0.05, 0) is 49.8 Å². The summed E-state index contributed by atoms with van der Waals surface area (Å²) in [5.41, 5.74) is 0.356. The van der Waals surface area contributed by atoms with E-state index >= 15 is 0 Å². The number of ether oxygens (including phenoxy) is 2. The van der Waals surface area contributed by atoms with Crippen LogP contribution in [-0.2, 0) is 20.7 Å². The van der Waals surface area contributed by atoms with Crippen molar-refractivity contribution in [3.05, 3.63) is 35.4 Å². The number of carbonyl (C=O) groups is 1. The monoisotopic (exact) mass is 353 g/mol. The van der Waals surface area contributed by atoms with E-state index in [1.807, 2.05) is 4.90 Å². The lowest BCUT2D eigenvalue weighted by molar-refractivity contribution is -0.140. The molecule has 2 aliphatic rings. The molecule has 1 saturated carbocycles. The van der Waals surface area contributed by atoms with Crippen LogP contribution in [0.15, 0.2) is 18.2 Å². The lowest BCUT2D eigenvalue weighted by Crippen LogP contribution is -2.53. The van der Waals surface area contributed by atoms with Crippen molar-refractivity contribution in [2.24, 2.45) is 0 Å². The highest BCUT2D eigenvalue weighted by molar-refractivity contribution is 5.77. The van der Waals surface area contributed by atoms with Crippen molar-refractivity contribution in [3.8, 4) is 0 Å². The summed E-state index contributed by atoms with van der Waals surface area (Å²) in [5, 5.41) is 0. The van der Waals surface area contributed by atoms with Gasteiger partial charge in [0.25, 0.3) is 0 Å². The maximum absolute atomic E-state index is 13.3. The summed E-state index contributed by atoms with van der Waals surface area (Å²) in [6.07, 6.45) is 4.26. The molecule has 1 aromatic carbocycles. The molecule has 1 aromatic rings. The van der Waals surface area contributed by atoms with Crippen molar-refractivity contribution in [3.63, 3.8) is 0 Å². The van der Waals surface area contributed by atoms with E-state index in [1.165, 1.54) is 6.07 Å². The minimum atomic E-state index is -0.875. The first kappa shape index (κ1) is 18.3. The zero-order chi connectivity index (χ0) is 18.0. The van der Waals surface area contributed by atoms with E-state index in [-0.39, 0.29) is 30.1 Å². The van der Waals surface area contributed by atoms with Gasteiger partial charge in [-0.3, -0.25) is 4.79 Å². The zero-order valence-corrected chi connectivity index (χ0v) is 14.8. The molecule has 0 bridgehead atoms. The summed E-state index contributed by atoms with van der Waals surface area (Å²) >= 11 is 0. The lowest BCUT2D eigenvalue weighted by atomic mass is 9.79. The number of halogens is 2. The first-order valence-electron chi connectivity index (χ1n) is 8.80. The van der Waals surface area contributed by atoms with Crippen LogP contribution in [0.4, 0.5) is 8.78 Å². The van der Waals surface area contributed by atoms with Crippen LogP contribution in [0.2, 0.25) is 0 Å². The number of carbonyl (C=O) groups excluding carboxylic acids is 1. The quantitative estimate of drug-likeness (QED) is 0.817. The molecular formula is C19H25F2NO3. The molecule has 0 unspecified atom stereocenters. The summed E-state index contributed by atoms with van der Waals surface area (Å²) in [6.45, 7) is 0.672. The summed E-state index contributed by atoms with van der Waals surface area (Å²) in [5.74, 6) is -1.71. The van der Waals surface area contributed by atoms with Crippen LogP contribution in [0, 0.1) is 11.6 Å². The first-order chi connectivity index (χ1) is 12.0. The third-order valence-electron chi connectivity index (χ3n) is 5.81. The smallest absolute Gasteiger partial charge is 0.223 e. The Morgan fingerprint density at radius 2 is 2.08 bits per heavy atom. The topological polar surface area (TPSA) is 38.8 Å². The number of hydrogen-bond donors (Lipinski definition) is 0. The fourth-order valence-electron chi connectivity index (χ4n) is 4.26. The van der Waals surface area contributed by atoms with Gasteiger partial charge in [-0.15, -0.1) is 0 Å². The van der Waals surface area contributed by atoms with Crippen LogP contribution >= 0.6 is 0 Å². The number of rotatable bonds is 5. The molecule has 1 heterocycles. The summed E-state index contributed by atoms with van der Waals surface area (Å²) in [6, 6.07) is 3.81. The van der Waals surface area contributed by atoms with E-state index in [2.05, 4.69) is 0 Å². The van der Waals surface area contributed by atoms with Crippen LogP contribution in [0.5, 0.6) is 0 Å². The molecule has 0 N–H and O–H groups in total. The highest BCUT2D eigenvalue weighted by Crippen LogP contribution is 2.43. The second-order valence-electron chi connectivity index (χ2n) is 7.00. The van der Waals surface area contributed by atoms with Crippen LogP contribution in [0.1, 0.15) is 37.7 Å². The number of methoxy groups -OCH3 is 2. The van der Waals surface area contributed by atoms with E-state index < -0.39 is 11.6 Å². The average molecular weight is 353 g/mol. The molecule has 1 amide bonds. The maximum atomic E-state index is 13.3. The predicted octanol–water partition coefficient (Wildman–Crippen LogP) is 3.08. The Labute approximate surface area is 147 Å². The highest BCUT2D eigenvalue weighted by Gasteiger charge is 2.52. The minimum Gasteiger partial charge on any atom is -0.381 e. The molecule has 1 saturated heterocycles. The SMILES string of the molecule is CO[C@H]1CC[C@@]2(OC)CCN(C(=O)CCc3ccc(F)c(F)c3)[C@H]2C1. The molecule has 0 radical (unpaired) electrons. The second-order valence-corrected chi connectivity index (χ2v) is 7.00. The Bertz CT molecular complexity index is 639. The van der Waals surface area contributed by atoms with Crippen molar-refractivity contribution < 1.29 is 23.0 Å². The fraction of sp³-hybridized carbons (Fsp3) is 0.632. The number of likely N-dealkylation sites (tertiary alicyclic amines) is 1. The number of aryl methyl sites for hydroxylation is 1. The molecule has 2 fully saturated rings. The van der Waals surface area contributed by atoms with Gasteiger partial charge in [-0.1, -0.05) is 6.07 Å². The number of hydrogen-bond acceptors (Lipinski definition) is 3. The van der Waals surface area contributed by atoms with E-state index in [1.54, 1.807) is 14.2 Å². The Morgan fingerprint density at radius 3 is 2.76 bits per heavy atom. The second kappa shape index (κ2) is 7.38. The molecule has 0 aromatic heterocycles. The maximum Gasteiger partial charge on any atom is 0.223 e. The lowest BCUT2D eigenvalue weighted by Gasteiger charge is -2.43. The van der Waals surface area contributed by atoms with Crippen molar-refractivity contribution in [2.45, 2.75) is 56.3 Å². The first-order valence-corrected chi connectivity index (χ1v) is 8.80. The van der Waals surface area contributed by atoms with Crippen LogP contribution in [0.3, 0.4) is 0 Å². The van der Waals surface area contributed by atoms with E-state index in [9.17, 15) is 13.6 Å². The van der Waals surface area contributed by atoms with Gasteiger partial charge in [0, 0.05) is 27.2 Å². The fourth-order valence-corrected chi connectivity index (χ4v) is 4.26. The molecule has 1 aliphatic carbocycles. The number of amides is 1. The van der Waals surface area contributed by atoms with E-state index in [4.69, 9.17) is 9.47 Å². The summed E-state index contributed by atoms with van der Waals surface area (Å²) in [7, 11) is 3.42. The van der Waals surface area contributed by atoms with Gasteiger partial charge in [0.2, 0.25) is 5.91 Å². The van der Waals surface area contributed by atoms with Crippen LogP contribution in [0.25, 0.3) is 0 Å². The van der Waals surface area contributed by atoms with Crippen molar-refractivity contribution in [1.82, 2.24) is 4.90 Å². The molecule has 6 heteroatoms. The number of fused-ring (bicyclic) bond motifs is 1. The van der Waals surface area contributed by atoms with E-state index in [0.717, 1.165) is 37.8 Å². The van der Waals surface area contributed by atoms with Crippen LogP contribution < -0.4 is 0 Å². The minimum absolute atomic E-state index is 0.0219. The van der Waals surface area contributed by atoms with Crippen molar-refractivity contribution in [1.29, 1.82) is 0 Å². The molecule has 0 spiro atoms. The Kier molecular flexibility index (Phi) is 5.39. The summed E-state index contributed by atoms with van der Waals surface area (Å²) < 4.78 is 37.6. The summed E-state index contributed by atoms with van der Waals surface area (Å²) in [4.78, 5) is 14.6. The molecule has 25 heavy (non-hydrogen) atoms. The number of benzene rings is 1. The average Bonchev–Trinajstić information content (AvgIpc) is 3.01. The molecule has 4 nitrogen and oxygen atoms in total. The van der Waals surface area contributed by atoms with Gasteiger partial charge in [0.05, 0.1) is 17.7 Å². The van der Waals surface area contributed by atoms with Gasteiger partial charge in [-0.2, -0.15) is 0 Å². The van der Waals surface area contributed by atoms with Gasteiger partial charge in [0.1, 0.15) is 0 Å². The van der Waals surface area contributed by atoms with Gasteiger partial charge in [0.15, 0.2) is 11.6 Å². The highest BCUT2D eigenvalue weighted by atomic mass is 19.2. The molecule has 3 rings (SSSR count). The van der Waals surface area contributed by atoms with Gasteiger partial charge >= 0.3 is 0 Å². The zero-order valence-electron chi connectivity index (χ0n) is 14.8. The molecule has 1 aliphatic heterocycles. The predicted molar refractivity (Wildman–Crippen MR) is 89.2 cm³/mol. The standard InChI is InChI=1S/C19H25F2NO3/c1-24-14-7-8-19(25-2)9-10-22(17(19)12-14)18(23)6-4-13-3-5-15(20)16(21)11-13/h3,5,11,14,17H,4,6-10,12H2,1-2H3/t14-,17-,19+/m0/s1. The molecule has 138 valence electrons. The van der Waals surface area contributed by atoms with E-state index in [0.29, 0.717) is 18.5 Å². The Balaban J connectivity index is 1.66. The Morgan fingerprint density at radius 1 is 1.28 bits per heavy atom. The number of nitrogens with zero attached hydrogens (tertiary/aromatic N) is 1. The normalized spacial score (nSPS) is 28.9. The Hall–Kier alpha value is -1.53. The van der Waals surface area contributed by atoms with Crippen molar-refractivity contribution in [2.75, 3.05) is 20.8 Å². The third-order valence-corrected chi connectivity index (χ3v) is 5.81. The third kappa shape index (κ3) is 3.55. The van der Waals surface area contributed by atoms with Gasteiger partial charge in [-0.25, -0.2) is 8.78 Å². The van der Waals surface area contributed by atoms with Crippen LogP contribution in [-0.4, -0.2) is 49.3 Å². The largest absolute Gasteiger partial charge is 0.381 e. The molecule has 3 atom stereocenters. The van der Waals surface area contributed by atoms with Crippen molar-refractivity contribution >= 4 is 5.91 Å². The van der Waals surface area contributed by atoms with Gasteiger partial charge < -0.3 is 14.4 Å². The molecular weight excluding hydrogens is 328 g/mol.